The zero-order chi connectivity index (χ0) is 12.3. The Balaban J connectivity index is 2.04. The number of benzene rings is 2. The third-order valence-electron chi connectivity index (χ3n) is 2.62. The Kier molecular flexibility index (Phi) is 3.28. The number of nitrogen functional groups attached to an aromatic ring is 1. The van der Waals surface area contributed by atoms with Gasteiger partial charge in [-0.15, -0.1) is 0 Å². The van der Waals surface area contributed by atoms with Crippen LogP contribution in [0.15, 0.2) is 42.5 Å². The maximum atomic E-state index is 12.8. The summed E-state index contributed by atoms with van der Waals surface area (Å²) in [5, 5.41) is 3.18. The molecule has 2 aromatic rings. The summed E-state index contributed by atoms with van der Waals surface area (Å²) < 4.78 is 12.8. The van der Waals surface area contributed by atoms with Crippen LogP contribution in [0.2, 0.25) is 0 Å². The van der Waals surface area contributed by atoms with E-state index in [4.69, 9.17) is 5.73 Å². The first kappa shape index (κ1) is 11.5. The van der Waals surface area contributed by atoms with Gasteiger partial charge >= 0.3 is 0 Å². The van der Waals surface area contributed by atoms with E-state index >= 15 is 0 Å². The summed E-state index contributed by atoms with van der Waals surface area (Å²) in [5.41, 5.74) is 9.29. The number of hydrogen-bond acceptors (Lipinski definition) is 2. The van der Waals surface area contributed by atoms with Crippen molar-refractivity contribution in [1.82, 2.24) is 0 Å². The molecule has 0 atom stereocenters. The standard InChI is InChI=1S/C14H15FN2/c1-10-2-4-11(5-3-10)9-17-14-7-6-12(15)8-13(14)16/h2-8,17H,9,16H2,1H3. The van der Waals surface area contributed by atoms with E-state index in [-0.39, 0.29) is 5.82 Å². The maximum absolute atomic E-state index is 12.8. The Labute approximate surface area is 100 Å². The lowest BCUT2D eigenvalue weighted by Gasteiger charge is -2.09. The minimum Gasteiger partial charge on any atom is -0.397 e. The number of aryl methyl sites for hydroxylation is 1. The molecule has 0 aliphatic heterocycles. The number of nitrogens with two attached hydrogens (primary N) is 1. The molecule has 2 nitrogen and oxygen atoms in total. The highest BCUT2D eigenvalue weighted by Gasteiger charge is 2.00. The van der Waals surface area contributed by atoms with Crippen LogP contribution in [0.5, 0.6) is 0 Å². The van der Waals surface area contributed by atoms with Gasteiger partial charge in [-0.1, -0.05) is 29.8 Å². The van der Waals surface area contributed by atoms with Crippen molar-refractivity contribution in [2.75, 3.05) is 11.1 Å². The van der Waals surface area contributed by atoms with Crippen LogP contribution in [0.4, 0.5) is 15.8 Å². The van der Waals surface area contributed by atoms with Gasteiger partial charge in [-0.05, 0) is 30.7 Å². The molecule has 0 spiro atoms. The second kappa shape index (κ2) is 4.87. The lowest BCUT2D eigenvalue weighted by Crippen LogP contribution is -2.02. The van der Waals surface area contributed by atoms with Gasteiger partial charge in [0.05, 0.1) is 11.4 Å². The highest BCUT2D eigenvalue weighted by atomic mass is 19.1. The Bertz CT molecular complexity index is 506. The van der Waals surface area contributed by atoms with E-state index in [0.717, 1.165) is 5.69 Å². The van der Waals surface area contributed by atoms with Gasteiger partial charge in [0.2, 0.25) is 0 Å². The molecule has 0 radical (unpaired) electrons. The molecule has 17 heavy (non-hydrogen) atoms. The lowest BCUT2D eigenvalue weighted by molar-refractivity contribution is 0.628. The van der Waals surface area contributed by atoms with E-state index in [2.05, 4.69) is 36.5 Å². The first-order valence-corrected chi connectivity index (χ1v) is 5.49. The lowest BCUT2D eigenvalue weighted by atomic mass is 10.1. The number of hydrogen-bond donors (Lipinski definition) is 2. The van der Waals surface area contributed by atoms with E-state index in [1.807, 2.05) is 0 Å². The fraction of sp³-hybridized carbons (Fsp3) is 0.143. The van der Waals surface area contributed by atoms with Crippen molar-refractivity contribution in [1.29, 1.82) is 0 Å². The summed E-state index contributed by atoms with van der Waals surface area (Å²) >= 11 is 0. The zero-order valence-electron chi connectivity index (χ0n) is 9.70. The molecule has 0 saturated carbocycles. The smallest absolute Gasteiger partial charge is 0.125 e. The van der Waals surface area contributed by atoms with Gasteiger partial charge in [0.1, 0.15) is 5.82 Å². The van der Waals surface area contributed by atoms with Gasteiger partial charge in [-0.2, -0.15) is 0 Å². The third kappa shape index (κ3) is 2.97. The molecule has 2 aromatic carbocycles. The van der Waals surface area contributed by atoms with E-state index in [0.29, 0.717) is 12.2 Å². The molecule has 0 bridgehead atoms. The summed E-state index contributed by atoms with van der Waals surface area (Å²) in [6, 6.07) is 12.6. The van der Waals surface area contributed by atoms with Crippen LogP contribution in [-0.2, 0) is 6.54 Å². The van der Waals surface area contributed by atoms with Crippen molar-refractivity contribution < 1.29 is 4.39 Å². The Morgan fingerprint density at radius 2 is 1.82 bits per heavy atom. The van der Waals surface area contributed by atoms with E-state index in [1.54, 1.807) is 6.07 Å². The van der Waals surface area contributed by atoms with E-state index in [9.17, 15) is 4.39 Å². The van der Waals surface area contributed by atoms with E-state index in [1.165, 1.54) is 23.3 Å². The molecule has 0 saturated heterocycles. The van der Waals surface area contributed by atoms with Crippen LogP contribution in [0, 0.1) is 12.7 Å². The highest BCUT2D eigenvalue weighted by Crippen LogP contribution is 2.19. The number of rotatable bonds is 3. The molecule has 0 aliphatic rings. The van der Waals surface area contributed by atoms with Crippen molar-refractivity contribution >= 4 is 11.4 Å². The highest BCUT2D eigenvalue weighted by molar-refractivity contribution is 5.65. The fourth-order valence-corrected chi connectivity index (χ4v) is 1.60. The summed E-state index contributed by atoms with van der Waals surface area (Å²) in [6.07, 6.45) is 0. The molecule has 2 rings (SSSR count). The quantitative estimate of drug-likeness (QED) is 0.794. The van der Waals surface area contributed by atoms with Gasteiger partial charge in [-0.3, -0.25) is 0 Å². The minimum absolute atomic E-state index is 0.316. The maximum Gasteiger partial charge on any atom is 0.125 e. The van der Waals surface area contributed by atoms with Gasteiger partial charge < -0.3 is 11.1 Å². The average Bonchev–Trinajstić information content (AvgIpc) is 2.30. The average molecular weight is 230 g/mol. The number of nitrogens with one attached hydrogen (secondary N) is 1. The second-order valence-corrected chi connectivity index (χ2v) is 4.07. The fourth-order valence-electron chi connectivity index (χ4n) is 1.60. The molecule has 0 unspecified atom stereocenters. The first-order chi connectivity index (χ1) is 8.15. The zero-order valence-corrected chi connectivity index (χ0v) is 9.70. The normalized spacial score (nSPS) is 10.2. The molecule has 0 heterocycles. The topological polar surface area (TPSA) is 38.0 Å². The molecule has 0 aliphatic carbocycles. The molecule has 88 valence electrons. The van der Waals surface area contributed by atoms with Gasteiger partial charge in [0, 0.05) is 6.54 Å². The van der Waals surface area contributed by atoms with Crippen LogP contribution in [-0.4, -0.2) is 0 Å². The Hall–Kier alpha value is -2.03. The summed E-state index contributed by atoms with van der Waals surface area (Å²) in [6.45, 7) is 2.73. The van der Waals surface area contributed by atoms with Crippen LogP contribution in [0.3, 0.4) is 0 Å². The van der Waals surface area contributed by atoms with Gasteiger partial charge in [0.25, 0.3) is 0 Å². The van der Waals surface area contributed by atoms with Crippen molar-refractivity contribution in [3.8, 4) is 0 Å². The SMILES string of the molecule is Cc1ccc(CNc2ccc(F)cc2N)cc1. The van der Waals surface area contributed by atoms with Crippen LogP contribution in [0.1, 0.15) is 11.1 Å². The molecule has 0 amide bonds. The van der Waals surface area contributed by atoms with Gasteiger partial charge in [0.15, 0.2) is 0 Å². The number of anilines is 2. The monoisotopic (exact) mass is 230 g/mol. The van der Waals surface area contributed by atoms with Crippen LogP contribution < -0.4 is 11.1 Å². The predicted molar refractivity (Wildman–Crippen MR) is 69.3 cm³/mol. The third-order valence-corrected chi connectivity index (χ3v) is 2.62. The predicted octanol–water partition coefficient (Wildman–Crippen LogP) is 3.33. The number of halogens is 1. The Morgan fingerprint density at radius 1 is 1.12 bits per heavy atom. The molecular weight excluding hydrogens is 215 g/mol. The van der Waals surface area contributed by atoms with E-state index < -0.39 is 0 Å². The summed E-state index contributed by atoms with van der Waals surface area (Å²) in [5.74, 6) is -0.316. The first-order valence-electron chi connectivity index (χ1n) is 5.49. The minimum atomic E-state index is -0.316. The summed E-state index contributed by atoms with van der Waals surface area (Å²) in [7, 11) is 0. The van der Waals surface area contributed by atoms with Crippen molar-refractivity contribution in [3.63, 3.8) is 0 Å². The van der Waals surface area contributed by atoms with Crippen molar-refractivity contribution in [2.24, 2.45) is 0 Å². The molecule has 3 heteroatoms. The van der Waals surface area contributed by atoms with Crippen LogP contribution >= 0.6 is 0 Å². The Morgan fingerprint density at radius 3 is 2.47 bits per heavy atom. The van der Waals surface area contributed by atoms with Crippen molar-refractivity contribution in [2.45, 2.75) is 13.5 Å². The second-order valence-electron chi connectivity index (χ2n) is 4.07. The summed E-state index contributed by atoms with van der Waals surface area (Å²) in [4.78, 5) is 0. The molecular formula is C14H15FN2. The molecule has 0 aromatic heterocycles. The molecule has 3 N–H and O–H groups in total. The van der Waals surface area contributed by atoms with Gasteiger partial charge in [-0.25, -0.2) is 4.39 Å². The molecule has 0 fully saturated rings. The van der Waals surface area contributed by atoms with Crippen LogP contribution in [0.25, 0.3) is 0 Å². The largest absolute Gasteiger partial charge is 0.397 e. The van der Waals surface area contributed by atoms with Crippen molar-refractivity contribution in [3.05, 3.63) is 59.4 Å².